The van der Waals surface area contributed by atoms with Crippen LogP contribution in [-0.2, 0) is 35.8 Å². The third kappa shape index (κ3) is 46.2. The second kappa shape index (κ2) is 44.6. The van der Waals surface area contributed by atoms with E-state index in [-0.39, 0.29) is 29.5 Å². The van der Waals surface area contributed by atoms with Gasteiger partial charge in [-0.3, -0.25) is 4.79 Å². The van der Waals surface area contributed by atoms with Gasteiger partial charge in [-0.05, 0) is 19.4 Å². The van der Waals surface area contributed by atoms with Gasteiger partial charge in [0.15, 0.2) is 5.78 Å². The quantitative estimate of drug-likeness (QED) is 0.272. The van der Waals surface area contributed by atoms with Crippen LogP contribution in [0.25, 0.3) is 0 Å². The number of allylic oxidation sites excluding steroid dienone is 4. The first-order chi connectivity index (χ1) is 8.31. The van der Waals surface area contributed by atoms with E-state index in [0.717, 1.165) is 0 Å². The third-order valence-electron chi connectivity index (χ3n) is 1.17. The number of hydrogen-bond acceptors (Lipinski definition) is 2. The summed E-state index contributed by atoms with van der Waals surface area (Å²) in [5.41, 5.74) is 0. The molecule has 0 aromatic rings. The Hall–Kier alpha value is -1.15. The minimum absolute atomic E-state index is 0. The van der Waals surface area contributed by atoms with Crippen molar-refractivity contribution in [3.63, 3.8) is 0 Å². The molecule has 0 aliphatic carbocycles. The minimum Gasteiger partial charge on any atom is 0 e. The Morgan fingerprint density at radius 1 is 1.11 bits per heavy atom. The smallest absolute Gasteiger partial charge is 0 e. The molecule has 100 valence electrons. The predicted octanol–water partition coefficient (Wildman–Crippen LogP) is 1.35. The van der Waals surface area contributed by atoms with Crippen molar-refractivity contribution in [2.45, 2.75) is 19.8 Å². The van der Waals surface area contributed by atoms with Crippen molar-refractivity contribution in [1.29, 1.82) is 0 Å². The van der Waals surface area contributed by atoms with Crippen molar-refractivity contribution in [3.05, 3.63) is 44.3 Å². The standard InChI is InChI=1S/C9H14O2.3CO.Fe/c1-2-3-4-6-9(11)7-5-8-10;3*1-2;/h2-4,6,10H,5,7-8H2,1H3;;;;/b3-2+,6-4+;;;;. The number of carbonyl (C=O) groups excluding carboxylic acids is 1. The van der Waals surface area contributed by atoms with Crippen molar-refractivity contribution in [1.82, 2.24) is 0 Å². The van der Waals surface area contributed by atoms with Gasteiger partial charge in [-0.2, -0.15) is 0 Å². The SMILES string of the molecule is C/C=C/C=C/C(=O)CCCO.[C-]#[O+].[C-]#[O+].[C-]#[O+].[Fe]. The van der Waals surface area contributed by atoms with E-state index in [0.29, 0.717) is 12.8 Å². The average molecular weight is 294 g/mol. The summed E-state index contributed by atoms with van der Waals surface area (Å²) < 4.78 is 22.5. The number of aliphatic hydroxyl groups excluding tert-OH is 1. The zero-order valence-corrected chi connectivity index (χ0v) is 11.0. The van der Waals surface area contributed by atoms with Crippen molar-refractivity contribution in [3.8, 4) is 0 Å². The summed E-state index contributed by atoms with van der Waals surface area (Å²) in [5.74, 6) is 0.0668. The molecule has 0 saturated heterocycles. The molecule has 0 saturated carbocycles. The molecule has 0 aliphatic heterocycles. The molecule has 5 nitrogen and oxygen atoms in total. The number of rotatable bonds is 5. The second-order valence-corrected chi connectivity index (χ2v) is 2.18. The topological polar surface area (TPSA) is 97.0 Å². The molecule has 0 fully saturated rings. The van der Waals surface area contributed by atoms with Gasteiger partial charge >= 0.3 is 33.9 Å². The molecule has 0 spiro atoms. The summed E-state index contributed by atoms with van der Waals surface area (Å²) in [7, 11) is 0. The molecule has 0 atom stereocenters. The van der Waals surface area contributed by atoms with Crippen LogP contribution in [0.15, 0.2) is 24.3 Å². The summed E-state index contributed by atoms with van der Waals surface area (Å²) in [6.45, 7) is 15.5. The third-order valence-corrected chi connectivity index (χ3v) is 1.17. The van der Waals surface area contributed by atoms with E-state index in [2.05, 4.69) is 20.0 Å². The Kier molecular flexibility index (Phi) is 74.7. The van der Waals surface area contributed by atoms with Gasteiger partial charge in [-0.15, -0.1) is 0 Å². The van der Waals surface area contributed by atoms with Gasteiger partial charge in [0.1, 0.15) is 0 Å². The van der Waals surface area contributed by atoms with E-state index in [4.69, 9.17) is 19.1 Å². The average Bonchev–Trinajstić information content (AvgIpc) is 2.43. The fraction of sp³-hybridized carbons (Fsp3) is 0.333. The van der Waals surface area contributed by atoms with Crippen molar-refractivity contribution in [2.75, 3.05) is 6.61 Å². The van der Waals surface area contributed by atoms with Crippen LogP contribution in [0.4, 0.5) is 0 Å². The Morgan fingerprint density at radius 2 is 1.56 bits per heavy atom. The van der Waals surface area contributed by atoms with E-state index >= 15 is 0 Å². The molecule has 18 heavy (non-hydrogen) atoms. The number of ketones is 1. The van der Waals surface area contributed by atoms with Gasteiger partial charge < -0.3 is 5.11 Å². The van der Waals surface area contributed by atoms with Crippen molar-refractivity contribution in [2.24, 2.45) is 0 Å². The number of carbonyl (C=O) groups is 1. The monoisotopic (exact) mass is 294 g/mol. The van der Waals surface area contributed by atoms with Gasteiger partial charge in [-0.25, -0.2) is 0 Å². The van der Waals surface area contributed by atoms with Crippen LogP contribution in [0.1, 0.15) is 19.8 Å². The zero-order valence-electron chi connectivity index (χ0n) is 9.86. The van der Waals surface area contributed by atoms with E-state index in [1.807, 2.05) is 13.0 Å². The fourth-order valence-corrected chi connectivity index (χ4v) is 0.611. The Balaban J connectivity index is -0.0000000700. The van der Waals surface area contributed by atoms with Crippen molar-refractivity contribution >= 4 is 5.78 Å². The van der Waals surface area contributed by atoms with Crippen LogP contribution in [0.3, 0.4) is 0 Å². The molecule has 1 N–H and O–H groups in total. The molecule has 0 unspecified atom stereocenters. The number of aliphatic hydroxyl groups is 1. The molecule has 0 aromatic heterocycles. The zero-order chi connectivity index (χ0) is 14.5. The summed E-state index contributed by atoms with van der Waals surface area (Å²) in [6.07, 6.45) is 7.88. The largest absolute Gasteiger partial charge is 0 e. The first-order valence-electron chi connectivity index (χ1n) is 4.35. The van der Waals surface area contributed by atoms with Gasteiger partial charge in [0.05, 0.1) is 0 Å². The Morgan fingerprint density at radius 3 is 1.89 bits per heavy atom. The molecular formula is C12H14FeO5. The second-order valence-electron chi connectivity index (χ2n) is 2.18. The van der Waals surface area contributed by atoms with Crippen LogP contribution in [-0.4, -0.2) is 17.5 Å². The molecule has 0 bridgehead atoms. The molecule has 0 amide bonds. The summed E-state index contributed by atoms with van der Waals surface area (Å²) >= 11 is 0. The van der Waals surface area contributed by atoms with Gasteiger partial charge in [0.25, 0.3) is 0 Å². The fourth-order valence-electron chi connectivity index (χ4n) is 0.611. The van der Waals surface area contributed by atoms with Crippen molar-refractivity contribution < 1.29 is 40.9 Å². The van der Waals surface area contributed by atoms with Crippen LogP contribution >= 0.6 is 0 Å². The van der Waals surface area contributed by atoms with E-state index in [1.54, 1.807) is 12.2 Å². The van der Waals surface area contributed by atoms with Crippen LogP contribution < -0.4 is 0 Å². The maximum absolute atomic E-state index is 10.8. The first-order valence-corrected chi connectivity index (χ1v) is 4.35. The summed E-state index contributed by atoms with van der Waals surface area (Å²) in [4.78, 5) is 10.8. The molecule has 0 aromatic carbocycles. The predicted molar refractivity (Wildman–Crippen MR) is 57.1 cm³/mol. The molecule has 0 aliphatic rings. The summed E-state index contributed by atoms with van der Waals surface area (Å²) in [6, 6.07) is 0. The Labute approximate surface area is 118 Å². The van der Waals surface area contributed by atoms with E-state index in [9.17, 15) is 4.79 Å². The van der Waals surface area contributed by atoms with Gasteiger partial charge in [0.2, 0.25) is 0 Å². The minimum atomic E-state index is 0. The normalized spacial score (nSPS) is 7.33. The molecular weight excluding hydrogens is 280 g/mol. The van der Waals surface area contributed by atoms with Crippen LogP contribution in [0.5, 0.6) is 0 Å². The van der Waals surface area contributed by atoms with E-state index < -0.39 is 0 Å². The van der Waals surface area contributed by atoms with Crippen LogP contribution in [0.2, 0.25) is 0 Å². The summed E-state index contributed by atoms with van der Waals surface area (Å²) in [5, 5.41) is 8.40. The van der Waals surface area contributed by atoms with Gasteiger partial charge in [0, 0.05) is 30.1 Å². The van der Waals surface area contributed by atoms with E-state index in [1.165, 1.54) is 6.08 Å². The van der Waals surface area contributed by atoms with Gasteiger partial charge in [-0.1, -0.05) is 18.2 Å². The number of hydrogen-bond donors (Lipinski definition) is 1. The molecule has 6 heteroatoms. The maximum atomic E-state index is 10.8. The molecule has 0 heterocycles. The molecule has 0 rings (SSSR count). The first kappa shape index (κ1) is 30.1. The maximum Gasteiger partial charge on any atom is 0 e. The van der Waals surface area contributed by atoms with Crippen LogP contribution in [0, 0.1) is 20.0 Å². The molecule has 0 radical (unpaired) electrons. The Bertz CT molecular complexity index is 249.